The number of aliphatic imine (C=N–C) groups is 1. The molecule has 0 radical (unpaired) electrons. The first-order valence-electron chi connectivity index (χ1n) is 7.93. The summed E-state index contributed by atoms with van der Waals surface area (Å²) in [7, 11) is 1.97. The topological polar surface area (TPSA) is 54.8 Å². The number of benzene rings is 1. The zero-order valence-electron chi connectivity index (χ0n) is 14.6. The van der Waals surface area contributed by atoms with Crippen LogP contribution in [0.15, 0.2) is 41.7 Å². The first-order valence-corrected chi connectivity index (χ1v) is 7.93. The minimum absolute atomic E-state index is 0.215. The number of nitrogens with zero attached hydrogens (tertiary/aromatic N) is 3. The van der Waals surface area contributed by atoms with Crippen LogP contribution in [0.2, 0.25) is 0 Å². The number of carbonyl (C=O) groups excluding carboxylic acids is 1. The lowest BCUT2D eigenvalue weighted by atomic mass is 10.0. The number of ether oxygens (including phenoxy) is 1. The van der Waals surface area contributed by atoms with Crippen molar-refractivity contribution in [2.45, 2.75) is 27.4 Å². The predicted molar refractivity (Wildman–Crippen MR) is 95.7 cm³/mol. The molecule has 0 spiro atoms. The van der Waals surface area contributed by atoms with E-state index >= 15 is 0 Å². The fraction of sp³-hybridized carbons (Fsp3) is 0.316. The Hall–Kier alpha value is -2.69. The van der Waals surface area contributed by atoms with Gasteiger partial charge in [-0.15, -0.1) is 0 Å². The van der Waals surface area contributed by atoms with Crippen molar-refractivity contribution in [3.05, 3.63) is 58.9 Å². The van der Waals surface area contributed by atoms with Gasteiger partial charge in [-0.05, 0) is 50.1 Å². The van der Waals surface area contributed by atoms with Gasteiger partial charge in [-0.1, -0.05) is 6.07 Å². The average Bonchev–Trinajstić information content (AvgIpc) is 2.61. The van der Waals surface area contributed by atoms with E-state index in [1.54, 1.807) is 24.8 Å². The third-order valence-corrected chi connectivity index (χ3v) is 3.96. The molecule has 2 rings (SSSR count). The van der Waals surface area contributed by atoms with Crippen molar-refractivity contribution in [1.29, 1.82) is 0 Å². The van der Waals surface area contributed by atoms with Crippen molar-refractivity contribution in [2.75, 3.05) is 13.6 Å². The highest BCUT2D eigenvalue weighted by atomic mass is 16.5. The average molecular weight is 325 g/mol. The lowest BCUT2D eigenvalue weighted by Crippen LogP contribution is -2.14. The zero-order chi connectivity index (χ0) is 17.5. The van der Waals surface area contributed by atoms with Gasteiger partial charge in [0.1, 0.15) is 6.61 Å². The van der Waals surface area contributed by atoms with E-state index < -0.39 is 0 Å². The molecule has 1 aromatic carbocycles. The maximum atomic E-state index is 12.3. The molecule has 0 N–H and O–H groups in total. The molecule has 0 fully saturated rings. The maximum absolute atomic E-state index is 12.3. The van der Waals surface area contributed by atoms with Crippen molar-refractivity contribution >= 4 is 18.0 Å². The van der Waals surface area contributed by atoms with Crippen LogP contribution in [-0.2, 0) is 11.3 Å². The van der Waals surface area contributed by atoms with E-state index in [9.17, 15) is 4.79 Å². The van der Waals surface area contributed by atoms with E-state index in [1.165, 1.54) is 0 Å². The quantitative estimate of drug-likeness (QED) is 0.462. The second kappa shape index (κ2) is 8.24. The summed E-state index contributed by atoms with van der Waals surface area (Å²) >= 11 is 0. The van der Waals surface area contributed by atoms with E-state index in [2.05, 4.69) is 16.9 Å². The zero-order valence-corrected chi connectivity index (χ0v) is 14.6. The number of hydrogen-bond donors (Lipinski definition) is 0. The third-order valence-electron chi connectivity index (χ3n) is 3.96. The molecule has 1 aromatic heterocycles. The van der Waals surface area contributed by atoms with E-state index in [1.807, 2.05) is 44.0 Å². The smallest absolute Gasteiger partial charge is 0.338 e. The normalized spacial score (nSPS) is 10.8. The molecule has 1 heterocycles. The van der Waals surface area contributed by atoms with Gasteiger partial charge in [-0.3, -0.25) is 4.98 Å². The molecule has 5 heteroatoms. The summed E-state index contributed by atoms with van der Waals surface area (Å²) in [6.45, 7) is 7.04. The monoisotopic (exact) mass is 325 g/mol. The van der Waals surface area contributed by atoms with Gasteiger partial charge in [0.05, 0.1) is 17.6 Å². The molecule has 126 valence electrons. The summed E-state index contributed by atoms with van der Waals surface area (Å²) in [4.78, 5) is 22.8. The number of rotatable bonds is 6. The van der Waals surface area contributed by atoms with Gasteiger partial charge in [0, 0.05) is 31.5 Å². The van der Waals surface area contributed by atoms with Crippen LogP contribution < -0.4 is 0 Å². The predicted octanol–water partition coefficient (Wildman–Crippen LogP) is 3.67. The van der Waals surface area contributed by atoms with Crippen molar-refractivity contribution in [2.24, 2.45) is 4.99 Å². The highest BCUT2D eigenvalue weighted by Crippen LogP contribution is 2.25. The lowest BCUT2D eigenvalue weighted by molar-refractivity contribution is 0.0471. The molecule has 5 nitrogen and oxygen atoms in total. The Bertz CT molecular complexity index is 727. The minimum Gasteiger partial charge on any atom is -0.457 e. The number of carbonyl (C=O) groups is 1. The molecule has 0 aliphatic carbocycles. The third kappa shape index (κ3) is 4.41. The molecule has 2 aromatic rings. The molecule has 0 aliphatic rings. The van der Waals surface area contributed by atoms with Crippen molar-refractivity contribution in [3.8, 4) is 0 Å². The fourth-order valence-electron chi connectivity index (χ4n) is 2.12. The minimum atomic E-state index is -0.333. The summed E-state index contributed by atoms with van der Waals surface area (Å²) in [6.07, 6.45) is 5.17. The molecular formula is C19H23N3O2. The van der Waals surface area contributed by atoms with E-state index in [0.717, 1.165) is 28.9 Å². The summed E-state index contributed by atoms with van der Waals surface area (Å²) < 4.78 is 5.38. The standard InChI is InChI=1S/C19H23N3O2/c1-5-22(4)13-21-18-9-8-17(14(2)15(18)3)19(23)24-12-16-7-6-10-20-11-16/h6-11,13H,5,12H2,1-4H3/b21-13+. The summed E-state index contributed by atoms with van der Waals surface area (Å²) in [6, 6.07) is 7.31. The fourth-order valence-corrected chi connectivity index (χ4v) is 2.12. The molecule has 0 aliphatic heterocycles. The van der Waals surface area contributed by atoms with Crippen LogP contribution in [-0.4, -0.2) is 35.8 Å². The van der Waals surface area contributed by atoms with Crippen LogP contribution in [0.3, 0.4) is 0 Å². The SMILES string of the molecule is CCN(C)/C=N/c1ccc(C(=O)OCc2cccnc2)c(C)c1C. The highest BCUT2D eigenvalue weighted by molar-refractivity contribution is 5.92. The van der Waals surface area contributed by atoms with Crippen LogP contribution in [0.25, 0.3) is 0 Å². The van der Waals surface area contributed by atoms with Crippen molar-refractivity contribution in [3.63, 3.8) is 0 Å². The largest absolute Gasteiger partial charge is 0.457 e. The van der Waals surface area contributed by atoms with Gasteiger partial charge >= 0.3 is 5.97 Å². The van der Waals surface area contributed by atoms with Gasteiger partial charge in [0.15, 0.2) is 0 Å². The van der Waals surface area contributed by atoms with Crippen LogP contribution in [0.5, 0.6) is 0 Å². The Balaban J connectivity index is 2.12. The van der Waals surface area contributed by atoms with Crippen LogP contribution >= 0.6 is 0 Å². The molecule has 24 heavy (non-hydrogen) atoms. The van der Waals surface area contributed by atoms with Crippen LogP contribution in [0.4, 0.5) is 5.69 Å². The van der Waals surface area contributed by atoms with E-state index in [4.69, 9.17) is 4.74 Å². The Labute approximate surface area is 143 Å². The number of aromatic nitrogens is 1. The lowest BCUT2D eigenvalue weighted by Gasteiger charge is -2.12. The number of pyridine rings is 1. The van der Waals surface area contributed by atoms with E-state index in [-0.39, 0.29) is 12.6 Å². The second-order valence-corrected chi connectivity index (χ2v) is 5.64. The Morgan fingerprint density at radius 3 is 2.75 bits per heavy atom. The highest BCUT2D eigenvalue weighted by Gasteiger charge is 2.14. The summed E-state index contributed by atoms with van der Waals surface area (Å²) in [5.74, 6) is -0.333. The van der Waals surface area contributed by atoms with Gasteiger partial charge in [0.2, 0.25) is 0 Å². The first-order chi connectivity index (χ1) is 11.5. The molecule has 0 atom stereocenters. The molecule has 0 unspecified atom stereocenters. The molecule has 0 saturated heterocycles. The number of esters is 1. The Morgan fingerprint density at radius 1 is 1.29 bits per heavy atom. The molecule has 0 amide bonds. The van der Waals surface area contributed by atoms with E-state index in [0.29, 0.717) is 5.56 Å². The van der Waals surface area contributed by atoms with Gasteiger partial charge in [0.25, 0.3) is 0 Å². The van der Waals surface area contributed by atoms with Crippen molar-refractivity contribution in [1.82, 2.24) is 9.88 Å². The number of hydrogen-bond acceptors (Lipinski definition) is 4. The van der Waals surface area contributed by atoms with Gasteiger partial charge < -0.3 is 9.64 Å². The Morgan fingerprint density at radius 2 is 2.08 bits per heavy atom. The van der Waals surface area contributed by atoms with Crippen LogP contribution in [0, 0.1) is 13.8 Å². The first kappa shape index (κ1) is 17.7. The van der Waals surface area contributed by atoms with Crippen LogP contribution in [0.1, 0.15) is 34.0 Å². The molecule has 0 bridgehead atoms. The molecule has 0 saturated carbocycles. The second-order valence-electron chi connectivity index (χ2n) is 5.64. The Kier molecular flexibility index (Phi) is 6.07. The summed E-state index contributed by atoms with van der Waals surface area (Å²) in [5.41, 5.74) is 4.16. The molecular weight excluding hydrogens is 302 g/mol. The van der Waals surface area contributed by atoms with Crippen molar-refractivity contribution < 1.29 is 9.53 Å². The maximum Gasteiger partial charge on any atom is 0.338 e. The van der Waals surface area contributed by atoms with Gasteiger partial charge in [-0.25, -0.2) is 9.79 Å². The summed E-state index contributed by atoms with van der Waals surface area (Å²) in [5, 5.41) is 0. The van der Waals surface area contributed by atoms with Gasteiger partial charge in [-0.2, -0.15) is 0 Å².